The van der Waals surface area contributed by atoms with Crippen molar-refractivity contribution in [2.24, 2.45) is 5.10 Å². The largest absolute Gasteiger partial charge is 0.507 e. The number of rotatable bonds is 3. The first-order valence-electron chi connectivity index (χ1n) is 5.34. The minimum atomic E-state index is -0.250. The second-order valence-electron chi connectivity index (χ2n) is 3.67. The van der Waals surface area contributed by atoms with E-state index in [1.54, 1.807) is 30.3 Å². The number of hydrogen-bond acceptors (Lipinski definition) is 4. The fraction of sp³-hybridized carbons (Fsp3) is 0.0769. The van der Waals surface area contributed by atoms with Crippen LogP contribution in [0.2, 0.25) is 0 Å². The third-order valence-electron chi connectivity index (χ3n) is 2.27. The van der Waals surface area contributed by atoms with Crippen LogP contribution in [0.3, 0.4) is 0 Å². The Kier molecular flexibility index (Phi) is 3.74. The lowest BCUT2D eigenvalue weighted by atomic mass is 10.2. The summed E-state index contributed by atoms with van der Waals surface area (Å²) in [5, 5.41) is 13.3. The number of hydrazone groups is 1. The smallest absolute Gasteiger partial charge is 0.281 e. The molecule has 0 fully saturated rings. The van der Waals surface area contributed by atoms with E-state index < -0.39 is 0 Å². The number of aryl methyl sites for hydroxylation is 1. The van der Waals surface area contributed by atoms with Gasteiger partial charge in [-0.05, 0) is 31.2 Å². The zero-order chi connectivity index (χ0) is 13.0. The molecule has 0 spiro atoms. The van der Waals surface area contributed by atoms with Crippen LogP contribution in [0, 0.1) is 6.92 Å². The number of thiophene rings is 1. The summed E-state index contributed by atoms with van der Waals surface area (Å²) >= 11 is 1.41. The first kappa shape index (κ1) is 12.3. The average Bonchev–Trinajstić information content (AvgIpc) is 2.78. The van der Waals surface area contributed by atoms with Crippen LogP contribution in [-0.2, 0) is 0 Å². The maximum absolute atomic E-state index is 11.7. The van der Waals surface area contributed by atoms with E-state index >= 15 is 0 Å². The zero-order valence-corrected chi connectivity index (χ0v) is 10.6. The molecule has 2 aromatic rings. The van der Waals surface area contributed by atoms with E-state index in [0.717, 1.165) is 4.88 Å². The summed E-state index contributed by atoms with van der Waals surface area (Å²) in [7, 11) is 0. The van der Waals surface area contributed by atoms with Crippen LogP contribution < -0.4 is 5.43 Å². The monoisotopic (exact) mass is 260 g/mol. The number of carbonyl (C=O) groups excluding carboxylic acids is 1. The molecule has 2 rings (SSSR count). The van der Waals surface area contributed by atoms with Crippen LogP contribution >= 0.6 is 11.3 Å². The number of benzene rings is 1. The SMILES string of the molecule is Cc1ccc(C(=O)N/N=C/c2ccccc2O)s1. The predicted molar refractivity (Wildman–Crippen MR) is 72.2 cm³/mol. The molecular formula is C13H12N2O2S. The molecule has 0 saturated heterocycles. The second-order valence-corrected chi connectivity index (χ2v) is 4.96. The van der Waals surface area contributed by atoms with Gasteiger partial charge in [0.2, 0.25) is 0 Å². The predicted octanol–water partition coefficient (Wildman–Crippen LogP) is 2.53. The minimum Gasteiger partial charge on any atom is -0.507 e. The number of para-hydroxylation sites is 1. The van der Waals surface area contributed by atoms with Crippen LogP contribution in [0.4, 0.5) is 0 Å². The molecule has 5 heteroatoms. The number of phenols is 1. The van der Waals surface area contributed by atoms with Crippen LogP contribution in [0.5, 0.6) is 5.75 Å². The Hall–Kier alpha value is -2.14. The molecule has 0 bridgehead atoms. The lowest BCUT2D eigenvalue weighted by Crippen LogP contribution is -2.16. The third kappa shape index (κ3) is 2.95. The van der Waals surface area contributed by atoms with Crippen molar-refractivity contribution in [3.8, 4) is 5.75 Å². The Balaban J connectivity index is 2.00. The average molecular weight is 260 g/mol. The number of aromatic hydroxyl groups is 1. The van der Waals surface area contributed by atoms with Crippen molar-refractivity contribution in [3.63, 3.8) is 0 Å². The molecule has 4 nitrogen and oxygen atoms in total. The van der Waals surface area contributed by atoms with E-state index in [4.69, 9.17) is 0 Å². The zero-order valence-electron chi connectivity index (χ0n) is 9.75. The molecule has 0 unspecified atom stereocenters. The van der Waals surface area contributed by atoms with Crippen molar-refractivity contribution in [2.75, 3.05) is 0 Å². The molecule has 0 atom stereocenters. The molecule has 1 aromatic carbocycles. The van der Waals surface area contributed by atoms with Crippen molar-refractivity contribution in [3.05, 3.63) is 51.7 Å². The molecule has 2 N–H and O–H groups in total. The molecule has 0 aliphatic carbocycles. The van der Waals surface area contributed by atoms with Gasteiger partial charge in [0.25, 0.3) is 5.91 Å². The molecule has 92 valence electrons. The van der Waals surface area contributed by atoms with Gasteiger partial charge in [0, 0.05) is 10.4 Å². The Labute approximate surface area is 109 Å². The van der Waals surface area contributed by atoms with Gasteiger partial charge in [-0.15, -0.1) is 11.3 Å². The van der Waals surface area contributed by atoms with Gasteiger partial charge in [-0.3, -0.25) is 4.79 Å². The molecule has 1 amide bonds. The number of carbonyl (C=O) groups is 1. The molecule has 18 heavy (non-hydrogen) atoms. The molecule has 0 radical (unpaired) electrons. The van der Waals surface area contributed by atoms with Gasteiger partial charge in [-0.25, -0.2) is 5.43 Å². The van der Waals surface area contributed by atoms with Crippen molar-refractivity contribution < 1.29 is 9.90 Å². The normalized spacial score (nSPS) is 10.7. The highest BCUT2D eigenvalue weighted by atomic mass is 32.1. The van der Waals surface area contributed by atoms with Gasteiger partial charge >= 0.3 is 0 Å². The van der Waals surface area contributed by atoms with Gasteiger partial charge in [-0.2, -0.15) is 5.10 Å². The Morgan fingerprint density at radius 1 is 1.33 bits per heavy atom. The number of nitrogens with zero attached hydrogens (tertiary/aromatic N) is 1. The third-order valence-corrected chi connectivity index (χ3v) is 3.27. The standard InChI is InChI=1S/C13H12N2O2S/c1-9-6-7-12(18-9)13(17)15-14-8-10-4-2-3-5-11(10)16/h2-8,16H,1H3,(H,15,17)/b14-8+. The van der Waals surface area contributed by atoms with Crippen molar-refractivity contribution >= 4 is 23.5 Å². The number of amides is 1. The molecule has 0 aliphatic rings. The highest BCUT2D eigenvalue weighted by molar-refractivity contribution is 7.13. The maximum atomic E-state index is 11.7. The van der Waals surface area contributed by atoms with Gasteiger partial charge < -0.3 is 5.11 Å². The number of phenolic OH excluding ortho intramolecular Hbond substituents is 1. The van der Waals surface area contributed by atoms with Crippen LogP contribution in [0.15, 0.2) is 41.5 Å². The van der Waals surface area contributed by atoms with E-state index in [1.165, 1.54) is 17.6 Å². The molecule has 0 aliphatic heterocycles. The van der Waals surface area contributed by atoms with Gasteiger partial charge in [0.1, 0.15) is 5.75 Å². The fourth-order valence-corrected chi connectivity index (χ4v) is 2.13. The second kappa shape index (κ2) is 5.46. The van der Waals surface area contributed by atoms with Crippen molar-refractivity contribution in [2.45, 2.75) is 6.92 Å². The molecule has 1 heterocycles. The van der Waals surface area contributed by atoms with E-state index in [1.807, 2.05) is 13.0 Å². The summed E-state index contributed by atoms with van der Waals surface area (Å²) in [5.41, 5.74) is 2.97. The van der Waals surface area contributed by atoms with Crippen LogP contribution in [0.1, 0.15) is 20.1 Å². The van der Waals surface area contributed by atoms with E-state index in [2.05, 4.69) is 10.5 Å². The lowest BCUT2D eigenvalue weighted by molar-refractivity contribution is 0.0959. The number of hydrogen-bond donors (Lipinski definition) is 2. The molecular weight excluding hydrogens is 248 g/mol. The van der Waals surface area contributed by atoms with Crippen molar-refractivity contribution in [1.29, 1.82) is 0 Å². The lowest BCUT2D eigenvalue weighted by Gasteiger charge is -1.98. The topological polar surface area (TPSA) is 61.7 Å². The first-order chi connectivity index (χ1) is 8.66. The fourth-order valence-electron chi connectivity index (χ4n) is 1.37. The number of nitrogens with one attached hydrogen (secondary N) is 1. The summed E-state index contributed by atoms with van der Waals surface area (Å²) in [5.74, 6) is -0.123. The summed E-state index contributed by atoms with van der Waals surface area (Å²) < 4.78 is 0. The van der Waals surface area contributed by atoms with Gasteiger partial charge in [-0.1, -0.05) is 12.1 Å². The maximum Gasteiger partial charge on any atom is 0.281 e. The molecule has 0 saturated carbocycles. The summed E-state index contributed by atoms with van der Waals surface area (Å²) in [6.45, 7) is 1.94. The van der Waals surface area contributed by atoms with Gasteiger partial charge in [0.05, 0.1) is 11.1 Å². The Bertz CT molecular complexity index is 590. The summed E-state index contributed by atoms with van der Waals surface area (Å²) in [6.07, 6.45) is 1.41. The van der Waals surface area contributed by atoms with Gasteiger partial charge in [0.15, 0.2) is 0 Å². The molecule has 1 aromatic heterocycles. The van der Waals surface area contributed by atoms with E-state index in [0.29, 0.717) is 10.4 Å². The summed E-state index contributed by atoms with van der Waals surface area (Å²) in [6, 6.07) is 10.4. The van der Waals surface area contributed by atoms with Crippen LogP contribution in [0.25, 0.3) is 0 Å². The quantitative estimate of drug-likeness (QED) is 0.658. The Morgan fingerprint density at radius 3 is 2.78 bits per heavy atom. The first-order valence-corrected chi connectivity index (χ1v) is 6.16. The minimum absolute atomic E-state index is 0.127. The summed E-state index contributed by atoms with van der Waals surface area (Å²) in [4.78, 5) is 13.3. The van der Waals surface area contributed by atoms with E-state index in [9.17, 15) is 9.90 Å². The van der Waals surface area contributed by atoms with E-state index in [-0.39, 0.29) is 11.7 Å². The highest BCUT2D eigenvalue weighted by Gasteiger charge is 2.06. The van der Waals surface area contributed by atoms with Crippen LogP contribution in [-0.4, -0.2) is 17.2 Å². The van der Waals surface area contributed by atoms with Crippen molar-refractivity contribution in [1.82, 2.24) is 5.43 Å². The highest BCUT2D eigenvalue weighted by Crippen LogP contribution is 2.15. The Morgan fingerprint density at radius 2 is 2.11 bits per heavy atom.